The summed E-state index contributed by atoms with van der Waals surface area (Å²) in [6.07, 6.45) is -2.89. The normalized spacial score (nSPS) is 17.3. The van der Waals surface area contributed by atoms with E-state index in [-0.39, 0.29) is 48.4 Å². The van der Waals surface area contributed by atoms with Crippen molar-refractivity contribution >= 4 is 63.7 Å². The molecule has 0 unspecified atom stereocenters. The summed E-state index contributed by atoms with van der Waals surface area (Å²) < 4.78 is 64.0. The van der Waals surface area contributed by atoms with Gasteiger partial charge in [-0.3, -0.25) is 24.1 Å². The van der Waals surface area contributed by atoms with Crippen LogP contribution in [0.5, 0.6) is 5.75 Å². The number of nitrogens with one attached hydrogen (secondary N) is 2. The van der Waals surface area contributed by atoms with E-state index >= 15 is 0 Å². The van der Waals surface area contributed by atoms with E-state index in [2.05, 4.69) is 15.6 Å². The fourth-order valence-electron chi connectivity index (χ4n) is 8.31. The molecule has 1 aromatic heterocycles. The van der Waals surface area contributed by atoms with Crippen LogP contribution in [0.15, 0.2) is 72.2 Å². The summed E-state index contributed by atoms with van der Waals surface area (Å²) in [5.41, 5.74) is 1.58. The Morgan fingerprint density at radius 3 is 2.24 bits per heavy atom. The SMILES string of the molecule is CO[C@@H]1C[C@@H](C(=O)NCc2ccc(-c3scnc3C)cc2)N(C(=O)[C@@H](NC(=O)COCCCCOCCCOc2ccc(N3C(=S)N(c4ccc(C#N)c(C(F)(F)F)c4)C(=O)C3(C)C)cc2)C(C)(C)C)C1. The molecule has 0 spiro atoms. The average Bonchev–Trinajstić information content (AvgIpc) is 4.02. The fraction of sp³-hybridized carbons (Fsp3) is 0.471. The Morgan fingerprint density at radius 1 is 0.958 bits per heavy atom. The number of thiazole rings is 1. The van der Waals surface area contributed by atoms with Gasteiger partial charge in [0.05, 0.1) is 51.7 Å². The Hall–Kier alpha value is -5.98. The lowest BCUT2D eigenvalue weighted by atomic mass is 9.85. The van der Waals surface area contributed by atoms with Crippen molar-refractivity contribution in [3.05, 3.63) is 94.6 Å². The number of aryl methyl sites for hydroxylation is 1. The van der Waals surface area contributed by atoms with Crippen LogP contribution in [0.2, 0.25) is 0 Å². The Morgan fingerprint density at radius 2 is 1.62 bits per heavy atom. The zero-order valence-corrected chi connectivity index (χ0v) is 42.5. The Bertz CT molecular complexity index is 2580. The lowest BCUT2D eigenvalue weighted by Crippen LogP contribution is -2.58. The van der Waals surface area contributed by atoms with Crippen LogP contribution in [0, 0.1) is 23.7 Å². The van der Waals surface area contributed by atoms with Gasteiger partial charge in [-0.15, -0.1) is 11.3 Å². The van der Waals surface area contributed by atoms with Gasteiger partial charge in [0.2, 0.25) is 17.7 Å². The Balaban J connectivity index is 0.875. The van der Waals surface area contributed by atoms with Crippen LogP contribution < -0.4 is 25.2 Å². The van der Waals surface area contributed by atoms with E-state index < -0.39 is 52.2 Å². The number of ether oxygens (including phenoxy) is 4. The monoisotopic (exact) mass is 1020 g/mol. The van der Waals surface area contributed by atoms with Gasteiger partial charge in [-0.25, -0.2) is 4.98 Å². The molecule has 3 aromatic carbocycles. The van der Waals surface area contributed by atoms with Crippen LogP contribution in [0.1, 0.15) is 82.7 Å². The summed E-state index contributed by atoms with van der Waals surface area (Å²) in [5, 5.41) is 15.0. The lowest BCUT2D eigenvalue weighted by Gasteiger charge is -2.35. The number of amides is 4. The number of unbranched alkanes of at least 4 members (excludes halogenated alkanes) is 1. The van der Waals surface area contributed by atoms with Gasteiger partial charge >= 0.3 is 6.18 Å². The first-order valence-corrected chi connectivity index (χ1v) is 24.5. The number of carbonyl (C=O) groups is 4. The first-order valence-electron chi connectivity index (χ1n) is 23.2. The van der Waals surface area contributed by atoms with Crippen LogP contribution in [0.4, 0.5) is 24.5 Å². The maximum atomic E-state index is 14.1. The average molecular weight is 1020 g/mol. The van der Waals surface area contributed by atoms with Crippen molar-refractivity contribution in [3.8, 4) is 22.3 Å². The number of hydrogen-bond acceptors (Lipinski definition) is 12. The number of nitriles is 1. The number of anilines is 2. The number of rotatable bonds is 21. The third kappa shape index (κ3) is 13.3. The number of aromatic nitrogens is 1. The van der Waals surface area contributed by atoms with Crippen LogP contribution in [0.3, 0.4) is 0 Å². The summed E-state index contributed by atoms with van der Waals surface area (Å²) in [6, 6.07) is 17.7. The molecule has 4 aromatic rings. The smallest absolute Gasteiger partial charge is 0.417 e. The number of benzene rings is 3. The molecule has 3 heterocycles. The van der Waals surface area contributed by atoms with Crippen LogP contribution in [0.25, 0.3) is 10.4 Å². The van der Waals surface area contributed by atoms with Gasteiger partial charge in [0.1, 0.15) is 30.0 Å². The number of thiocarbonyl (C=S) groups is 1. The van der Waals surface area contributed by atoms with E-state index in [1.54, 1.807) is 67.5 Å². The second-order valence-corrected chi connectivity index (χ2v) is 20.1. The van der Waals surface area contributed by atoms with Gasteiger partial charge in [0.15, 0.2) is 5.11 Å². The van der Waals surface area contributed by atoms with Crippen molar-refractivity contribution in [2.75, 3.05) is 56.5 Å². The second-order valence-electron chi connectivity index (χ2n) is 18.9. The highest BCUT2D eigenvalue weighted by molar-refractivity contribution is 7.81. The molecule has 2 saturated heterocycles. The first-order chi connectivity index (χ1) is 33.6. The van der Waals surface area contributed by atoms with Crippen molar-refractivity contribution < 1.29 is 51.3 Å². The summed E-state index contributed by atoms with van der Waals surface area (Å²) in [5.74, 6) is -1.07. The highest BCUT2D eigenvalue weighted by Gasteiger charge is 2.51. The van der Waals surface area contributed by atoms with E-state index in [0.29, 0.717) is 63.5 Å². The molecule has 3 atom stereocenters. The molecule has 0 bridgehead atoms. The number of nitrogens with zero attached hydrogens (tertiary/aromatic N) is 5. The third-order valence-corrected chi connectivity index (χ3v) is 13.6. The van der Waals surface area contributed by atoms with E-state index in [9.17, 15) is 37.6 Å². The number of halogens is 3. The molecule has 2 aliphatic rings. The van der Waals surface area contributed by atoms with Crippen LogP contribution >= 0.6 is 23.6 Å². The number of hydrogen-bond donors (Lipinski definition) is 2. The second kappa shape index (κ2) is 23.5. The summed E-state index contributed by atoms with van der Waals surface area (Å²) in [4.78, 5) is 63.9. The number of alkyl halides is 3. The lowest BCUT2D eigenvalue weighted by molar-refractivity contribution is -0.144. The zero-order chi connectivity index (χ0) is 51.7. The number of carbonyl (C=O) groups excluding carboxylic acids is 4. The minimum atomic E-state index is -4.80. The number of likely N-dealkylation sites (tertiary alicyclic amines) is 1. The first kappa shape index (κ1) is 54.4. The van der Waals surface area contributed by atoms with Crippen molar-refractivity contribution in [2.45, 2.75) is 104 Å². The molecule has 0 aliphatic carbocycles. The summed E-state index contributed by atoms with van der Waals surface area (Å²) in [6.45, 7) is 12.6. The number of methoxy groups -OCH3 is 1. The van der Waals surface area contributed by atoms with Gasteiger partial charge in [0, 0.05) is 58.5 Å². The molecule has 4 amide bonds. The maximum absolute atomic E-state index is 14.1. The van der Waals surface area contributed by atoms with Gasteiger partial charge in [0.25, 0.3) is 5.91 Å². The molecule has 71 heavy (non-hydrogen) atoms. The van der Waals surface area contributed by atoms with Gasteiger partial charge in [-0.05, 0) is 105 Å². The standard InChI is InChI=1S/C51H60F3N7O8S2/c1-32-43(71-31-57-32)34-13-11-33(12-14-34)28-56-45(63)41-26-39(66-7)29-59(41)46(64)44(49(2,3)4)58-42(62)30-68-22-9-8-21-67-23-10-24-69-38-19-17-36(18-20-38)61-48(70)60(47(65)50(61,5)6)37-16-15-35(27-55)40(25-37)51(52,53)54/h11-20,25,31,39,41,44H,8-10,21-24,26,28-30H2,1-7H3,(H,56,63)(H,58,62)/t39-,41+,44-/m1/s1. The molecule has 15 nitrogen and oxygen atoms in total. The molecular formula is C51H60F3N7O8S2. The maximum Gasteiger partial charge on any atom is 0.417 e. The van der Waals surface area contributed by atoms with Crippen molar-refractivity contribution in [1.29, 1.82) is 5.26 Å². The molecule has 2 aliphatic heterocycles. The Kier molecular flexibility index (Phi) is 18.0. The summed E-state index contributed by atoms with van der Waals surface area (Å²) in [7, 11) is 1.55. The van der Waals surface area contributed by atoms with Crippen molar-refractivity contribution in [1.82, 2.24) is 20.5 Å². The zero-order valence-electron chi connectivity index (χ0n) is 40.9. The van der Waals surface area contributed by atoms with Gasteiger partial charge in [-0.1, -0.05) is 45.0 Å². The molecule has 0 saturated carbocycles. The predicted octanol–water partition coefficient (Wildman–Crippen LogP) is 7.97. The molecule has 2 N–H and O–H groups in total. The molecule has 2 fully saturated rings. The van der Waals surface area contributed by atoms with E-state index in [1.807, 2.05) is 57.5 Å². The molecule has 6 rings (SSSR count). The van der Waals surface area contributed by atoms with Crippen molar-refractivity contribution in [2.24, 2.45) is 5.41 Å². The quantitative estimate of drug-likeness (QED) is 0.0610. The van der Waals surface area contributed by atoms with Crippen molar-refractivity contribution in [3.63, 3.8) is 0 Å². The molecular weight excluding hydrogens is 960 g/mol. The molecule has 20 heteroatoms. The van der Waals surface area contributed by atoms with E-state index in [1.165, 1.54) is 11.0 Å². The third-order valence-electron chi connectivity index (χ3n) is 12.2. The van der Waals surface area contributed by atoms with E-state index in [0.717, 1.165) is 38.7 Å². The van der Waals surface area contributed by atoms with Crippen LogP contribution in [-0.4, -0.2) is 109 Å². The molecule has 0 radical (unpaired) electrons. The van der Waals surface area contributed by atoms with E-state index in [4.69, 9.17) is 31.2 Å². The minimum absolute atomic E-state index is 0.00598. The topological polar surface area (TPSA) is 176 Å². The molecule has 380 valence electrons. The fourth-order valence-corrected chi connectivity index (χ4v) is 9.65. The predicted molar refractivity (Wildman–Crippen MR) is 267 cm³/mol. The van der Waals surface area contributed by atoms with Gasteiger partial charge in [-0.2, -0.15) is 18.4 Å². The Labute approximate surface area is 421 Å². The largest absolute Gasteiger partial charge is 0.494 e. The minimum Gasteiger partial charge on any atom is -0.494 e. The highest BCUT2D eigenvalue weighted by atomic mass is 32.1. The summed E-state index contributed by atoms with van der Waals surface area (Å²) >= 11 is 7.20. The van der Waals surface area contributed by atoms with Gasteiger partial charge < -0.3 is 39.4 Å². The van der Waals surface area contributed by atoms with Crippen LogP contribution in [-0.2, 0) is 46.1 Å². The highest BCUT2D eigenvalue weighted by Crippen LogP contribution is 2.40.